The van der Waals surface area contributed by atoms with E-state index >= 15 is 0 Å². The molecule has 0 aromatic heterocycles. The van der Waals surface area contributed by atoms with Gasteiger partial charge in [0.1, 0.15) is 0 Å². The molecule has 0 bridgehead atoms. The number of benzene rings is 4. The van der Waals surface area contributed by atoms with Gasteiger partial charge in [-0.3, -0.25) is 20.2 Å². The standard InChI is InChI=1S/C24H17N3O4S/c28-26(29)20-14-10-18(11-15-20)25(19-12-16-21(17-13-19)27(30)31)23-8-4-5-9-24(23)32-22-6-2-1-3-7-22/h1-17H. The zero-order chi connectivity index (χ0) is 22.5. The topological polar surface area (TPSA) is 89.5 Å². The summed E-state index contributed by atoms with van der Waals surface area (Å²) in [4.78, 5) is 25.3. The van der Waals surface area contributed by atoms with E-state index in [0.717, 1.165) is 15.5 Å². The van der Waals surface area contributed by atoms with Gasteiger partial charge < -0.3 is 4.90 Å². The highest BCUT2D eigenvalue weighted by molar-refractivity contribution is 7.99. The van der Waals surface area contributed by atoms with Crippen LogP contribution in [-0.4, -0.2) is 9.85 Å². The largest absolute Gasteiger partial charge is 0.309 e. The van der Waals surface area contributed by atoms with Crippen molar-refractivity contribution in [3.63, 3.8) is 0 Å². The maximum Gasteiger partial charge on any atom is 0.269 e. The summed E-state index contributed by atoms with van der Waals surface area (Å²) in [5.74, 6) is 0. The van der Waals surface area contributed by atoms with Crippen molar-refractivity contribution in [2.75, 3.05) is 4.90 Å². The smallest absolute Gasteiger partial charge is 0.269 e. The normalized spacial score (nSPS) is 10.5. The van der Waals surface area contributed by atoms with Gasteiger partial charge in [-0.15, -0.1) is 0 Å². The molecule has 0 aliphatic heterocycles. The van der Waals surface area contributed by atoms with E-state index in [0.29, 0.717) is 11.4 Å². The molecular weight excluding hydrogens is 426 g/mol. The molecule has 0 spiro atoms. The molecule has 7 nitrogen and oxygen atoms in total. The van der Waals surface area contributed by atoms with Crippen molar-refractivity contribution >= 4 is 40.2 Å². The summed E-state index contributed by atoms with van der Waals surface area (Å²) >= 11 is 1.59. The highest BCUT2D eigenvalue weighted by Gasteiger charge is 2.18. The number of hydrogen-bond donors (Lipinski definition) is 0. The molecule has 0 aliphatic rings. The summed E-state index contributed by atoms with van der Waals surface area (Å²) in [6, 6.07) is 30.2. The first-order chi connectivity index (χ1) is 15.5. The SMILES string of the molecule is O=[N+]([O-])c1ccc(N(c2ccc([N+](=O)[O-])cc2)c2ccccc2Sc2ccccc2)cc1. The second-order valence-corrected chi connectivity index (χ2v) is 7.88. The van der Waals surface area contributed by atoms with E-state index in [-0.39, 0.29) is 11.4 Å². The van der Waals surface area contributed by atoms with Gasteiger partial charge in [-0.05, 0) is 48.5 Å². The number of anilines is 3. The first-order valence-corrected chi connectivity index (χ1v) is 10.5. The molecule has 8 heteroatoms. The van der Waals surface area contributed by atoms with Gasteiger partial charge in [0.05, 0.1) is 15.5 Å². The molecule has 32 heavy (non-hydrogen) atoms. The van der Waals surface area contributed by atoms with Crippen LogP contribution in [0.4, 0.5) is 28.4 Å². The van der Waals surface area contributed by atoms with E-state index in [1.54, 1.807) is 36.0 Å². The fraction of sp³-hybridized carbons (Fsp3) is 0. The number of para-hydroxylation sites is 1. The Labute approximate surface area is 188 Å². The van der Waals surface area contributed by atoms with Crippen LogP contribution in [0.15, 0.2) is 113 Å². The fourth-order valence-electron chi connectivity index (χ4n) is 3.22. The van der Waals surface area contributed by atoms with Crippen LogP contribution in [0.25, 0.3) is 0 Å². The predicted molar refractivity (Wildman–Crippen MR) is 125 cm³/mol. The highest BCUT2D eigenvalue weighted by atomic mass is 32.2. The lowest BCUT2D eigenvalue weighted by Crippen LogP contribution is -2.11. The predicted octanol–water partition coefficient (Wildman–Crippen LogP) is 7.12. The number of nitrogens with zero attached hydrogens (tertiary/aromatic N) is 3. The molecule has 4 aromatic rings. The second kappa shape index (κ2) is 9.32. The molecule has 0 amide bonds. The highest BCUT2D eigenvalue weighted by Crippen LogP contribution is 2.42. The zero-order valence-electron chi connectivity index (χ0n) is 16.7. The summed E-state index contributed by atoms with van der Waals surface area (Å²) in [5, 5.41) is 22.2. The maximum atomic E-state index is 11.1. The Bertz CT molecular complexity index is 1190. The van der Waals surface area contributed by atoms with Gasteiger partial charge in [-0.25, -0.2) is 0 Å². The third kappa shape index (κ3) is 4.60. The Balaban J connectivity index is 1.83. The van der Waals surface area contributed by atoms with Gasteiger partial charge >= 0.3 is 0 Å². The molecule has 0 radical (unpaired) electrons. The summed E-state index contributed by atoms with van der Waals surface area (Å²) in [5.41, 5.74) is 2.23. The van der Waals surface area contributed by atoms with Gasteiger partial charge in [0.2, 0.25) is 0 Å². The molecule has 0 saturated heterocycles. The van der Waals surface area contributed by atoms with E-state index in [1.807, 2.05) is 59.5 Å². The van der Waals surface area contributed by atoms with Crippen LogP contribution in [-0.2, 0) is 0 Å². The third-order valence-corrected chi connectivity index (χ3v) is 5.79. The number of hydrogen-bond acceptors (Lipinski definition) is 6. The average Bonchev–Trinajstić information content (AvgIpc) is 2.82. The minimum atomic E-state index is -0.445. The Kier molecular flexibility index (Phi) is 6.14. The maximum absolute atomic E-state index is 11.1. The zero-order valence-corrected chi connectivity index (χ0v) is 17.5. The van der Waals surface area contributed by atoms with Crippen molar-refractivity contribution in [3.05, 3.63) is 123 Å². The van der Waals surface area contributed by atoms with E-state index in [4.69, 9.17) is 0 Å². The number of nitro benzene ring substituents is 2. The minimum Gasteiger partial charge on any atom is -0.309 e. The summed E-state index contributed by atoms with van der Waals surface area (Å²) in [6.07, 6.45) is 0. The lowest BCUT2D eigenvalue weighted by Gasteiger charge is -2.27. The quantitative estimate of drug-likeness (QED) is 0.223. The third-order valence-electron chi connectivity index (χ3n) is 4.71. The summed E-state index contributed by atoms with van der Waals surface area (Å²) in [7, 11) is 0. The second-order valence-electron chi connectivity index (χ2n) is 6.77. The van der Waals surface area contributed by atoms with Crippen LogP contribution in [0, 0.1) is 20.2 Å². The Hall–Kier alpha value is -4.17. The Morgan fingerprint density at radius 3 is 1.56 bits per heavy atom. The monoisotopic (exact) mass is 443 g/mol. The van der Waals surface area contributed by atoms with Crippen molar-refractivity contribution in [1.29, 1.82) is 0 Å². The van der Waals surface area contributed by atoms with Crippen LogP contribution in [0.1, 0.15) is 0 Å². The van der Waals surface area contributed by atoms with E-state index in [2.05, 4.69) is 0 Å². The van der Waals surface area contributed by atoms with Crippen molar-refractivity contribution in [2.45, 2.75) is 9.79 Å². The van der Waals surface area contributed by atoms with Crippen LogP contribution in [0.5, 0.6) is 0 Å². The molecule has 0 atom stereocenters. The van der Waals surface area contributed by atoms with Gasteiger partial charge in [0.15, 0.2) is 0 Å². The molecular formula is C24H17N3O4S. The van der Waals surface area contributed by atoms with Crippen molar-refractivity contribution in [3.8, 4) is 0 Å². The van der Waals surface area contributed by atoms with Gasteiger partial charge in [-0.2, -0.15) is 0 Å². The van der Waals surface area contributed by atoms with Crippen LogP contribution >= 0.6 is 11.8 Å². The van der Waals surface area contributed by atoms with Gasteiger partial charge in [0.25, 0.3) is 11.4 Å². The molecule has 0 aliphatic carbocycles. The van der Waals surface area contributed by atoms with Crippen molar-refractivity contribution in [1.82, 2.24) is 0 Å². The van der Waals surface area contributed by atoms with Crippen molar-refractivity contribution < 1.29 is 9.85 Å². The first kappa shape index (κ1) is 21.1. The first-order valence-electron chi connectivity index (χ1n) is 9.64. The summed E-state index contributed by atoms with van der Waals surface area (Å²) < 4.78 is 0. The lowest BCUT2D eigenvalue weighted by atomic mass is 10.1. The Morgan fingerprint density at radius 2 is 1.06 bits per heavy atom. The number of rotatable bonds is 7. The molecule has 0 heterocycles. The number of nitro groups is 2. The van der Waals surface area contributed by atoms with E-state index in [9.17, 15) is 20.2 Å². The van der Waals surface area contributed by atoms with Crippen LogP contribution < -0.4 is 4.90 Å². The van der Waals surface area contributed by atoms with Crippen LogP contribution in [0.3, 0.4) is 0 Å². The van der Waals surface area contributed by atoms with Crippen LogP contribution in [0.2, 0.25) is 0 Å². The van der Waals surface area contributed by atoms with E-state index in [1.165, 1.54) is 24.3 Å². The Morgan fingerprint density at radius 1 is 0.594 bits per heavy atom. The van der Waals surface area contributed by atoms with Gasteiger partial charge in [0, 0.05) is 45.4 Å². The van der Waals surface area contributed by atoms with E-state index < -0.39 is 9.85 Å². The molecule has 0 unspecified atom stereocenters. The fourth-order valence-corrected chi connectivity index (χ4v) is 4.18. The molecule has 158 valence electrons. The lowest BCUT2D eigenvalue weighted by molar-refractivity contribution is -0.385. The molecule has 0 N–H and O–H groups in total. The molecule has 4 aromatic carbocycles. The number of non-ortho nitro benzene ring substituents is 2. The molecule has 0 fully saturated rings. The molecule has 4 rings (SSSR count). The average molecular weight is 443 g/mol. The minimum absolute atomic E-state index is 0.00987. The molecule has 0 saturated carbocycles. The summed E-state index contributed by atoms with van der Waals surface area (Å²) in [6.45, 7) is 0. The van der Waals surface area contributed by atoms with Gasteiger partial charge in [-0.1, -0.05) is 42.1 Å². The van der Waals surface area contributed by atoms with Crippen molar-refractivity contribution in [2.24, 2.45) is 0 Å².